The van der Waals surface area contributed by atoms with Crippen molar-refractivity contribution in [1.82, 2.24) is 0 Å². The molecule has 0 heterocycles. The average molecular weight is 726 g/mol. The first-order chi connectivity index (χ1) is 5.20. The molecule has 76 valence electrons. The summed E-state index contributed by atoms with van der Waals surface area (Å²) < 4.78 is 77.2. The maximum absolute atomic E-state index is 8.58. The summed E-state index contributed by atoms with van der Waals surface area (Å²) in [6, 6.07) is 0. The molecular weight excluding hydrogens is 726 g/mol. The van der Waals surface area contributed by atoms with Crippen LogP contribution in [-0.2, 0) is 65.8 Å². The smallest absolute Gasteiger partial charge is 2.00 e. The summed E-state index contributed by atoms with van der Waals surface area (Å²) in [4.78, 5) is 0. The number of hydrogen-bond acceptors (Lipinski definition) is 9. The second kappa shape index (κ2) is 30.7. The zero-order valence-electron chi connectivity index (χ0n) is 6.88. The van der Waals surface area contributed by atoms with Crippen LogP contribution in [0.2, 0.25) is 0 Å². The van der Waals surface area contributed by atoms with Gasteiger partial charge < -0.3 is 0 Å². The maximum atomic E-state index is 8.58. The predicted octanol–water partition coefficient (Wildman–Crippen LogP) is -8.64. The topological polar surface area (TPSA) is 190 Å². The Kier molecular flexibility index (Phi) is 74.6. The van der Waals surface area contributed by atoms with Crippen molar-refractivity contribution >= 4 is 77.7 Å². The van der Waals surface area contributed by atoms with Crippen LogP contribution in [-0.4, -0.2) is 77.7 Å². The summed E-state index contributed by atoms with van der Waals surface area (Å²) in [6.45, 7) is 0. The third-order valence-corrected chi connectivity index (χ3v) is 0. The van der Waals surface area contributed by atoms with E-state index in [2.05, 4.69) is 0 Å². The van der Waals surface area contributed by atoms with Gasteiger partial charge in [0.15, 0.2) is 0 Å². The van der Waals surface area contributed by atoms with Gasteiger partial charge in [0.05, 0.1) is 0 Å². The minimum Gasteiger partial charge on any atom is 2.00 e. The van der Waals surface area contributed by atoms with Gasteiger partial charge in [-0.2, -0.15) is 0 Å². The summed E-state index contributed by atoms with van der Waals surface area (Å²) in [6.07, 6.45) is 0. The Morgan fingerprint density at radius 2 is 0.533 bits per heavy atom. The molecule has 0 saturated carbocycles. The first-order valence-electron chi connectivity index (χ1n) is 1.84. The van der Waals surface area contributed by atoms with Crippen LogP contribution in [0.25, 0.3) is 0 Å². The van der Waals surface area contributed by atoms with Gasteiger partial charge in [-0.15, -0.1) is 0 Å². The fourth-order valence-corrected chi connectivity index (χ4v) is 0. The molecule has 0 saturated heterocycles. The summed E-state index contributed by atoms with van der Waals surface area (Å²) in [7, 11) is 0. The van der Waals surface area contributed by atoms with E-state index in [0.29, 0.717) is 0 Å². The number of rotatable bonds is 0. The first kappa shape index (κ1) is 36.4. The third kappa shape index (κ3) is 296. The molecule has 0 unspecified atom stereocenters. The van der Waals surface area contributed by atoms with E-state index in [1.165, 1.54) is 0 Å². The van der Waals surface area contributed by atoms with E-state index < -0.39 is 55.8 Å². The Morgan fingerprint density at radius 1 is 0.533 bits per heavy atom. The van der Waals surface area contributed by atoms with Crippen LogP contribution in [0.4, 0.5) is 0 Å². The minimum atomic E-state index is -4.08. The van der Waals surface area contributed by atoms with Crippen LogP contribution in [0.3, 0.4) is 0 Å². The molecular formula is MgO9Pb2Ti3. The van der Waals surface area contributed by atoms with Gasteiger partial charge in [0, 0.05) is 0 Å². The molecule has 0 N–H and O–H groups in total. The quantitative estimate of drug-likeness (QED) is 0.219. The molecule has 9 nitrogen and oxygen atoms in total. The molecule has 15 heteroatoms. The maximum Gasteiger partial charge on any atom is 2.00 e. The fraction of sp³-hybridized carbons (Fsp3) is 0. The van der Waals surface area contributed by atoms with Crippen molar-refractivity contribution < 1.29 is 88.0 Å². The summed E-state index contributed by atoms with van der Waals surface area (Å²) in [5.41, 5.74) is 0. The molecule has 0 aliphatic carbocycles. The van der Waals surface area contributed by atoms with Crippen molar-refractivity contribution in [2.75, 3.05) is 0 Å². The SMILES string of the molecule is [Mg+2].[O]=[Ti]([O-])[O-].[O]=[Ti]([O-])[O-].[O]=[Ti]([O-])[O-].[Pb+2].[Pb+2]. The normalized spacial score (nSPS) is 5.20. The Labute approximate surface area is 162 Å². The van der Waals surface area contributed by atoms with Crippen LogP contribution in [0.5, 0.6) is 0 Å². The molecule has 0 aromatic carbocycles. The van der Waals surface area contributed by atoms with E-state index in [9.17, 15) is 0 Å². The van der Waals surface area contributed by atoms with Crippen molar-refractivity contribution in [1.29, 1.82) is 0 Å². The molecule has 0 aliphatic heterocycles. The van der Waals surface area contributed by atoms with Crippen LogP contribution in [0.15, 0.2) is 0 Å². The first-order valence-corrected chi connectivity index (χ1v) is 7.57. The summed E-state index contributed by atoms with van der Waals surface area (Å²) >= 11 is -12.2. The molecule has 0 aromatic rings. The molecule has 0 rings (SSSR count). The van der Waals surface area contributed by atoms with E-state index in [-0.39, 0.29) is 77.7 Å². The zero-order chi connectivity index (χ0) is 10.7. The average Bonchev–Trinajstić information content (AvgIpc) is 1.54. The molecule has 0 atom stereocenters. The Bertz CT molecular complexity index is 121. The zero-order valence-corrected chi connectivity index (χ0v) is 20.8. The van der Waals surface area contributed by atoms with E-state index >= 15 is 0 Å². The molecule has 0 fully saturated rings. The van der Waals surface area contributed by atoms with E-state index in [4.69, 9.17) is 32.1 Å². The minimum absolute atomic E-state index is 0. The third-order valence-electron chi connectivity index (χ3n) is 0. The molecule has 4 radical (unpaired) electrons. The van der Waals surface area contributed by atoms with Crippen LogP contribution >= 0.6 is 0 Å². The molecule has 0 bridgehead atoms. The van der Waals surface area contributed by atoms with Crippen molar-refractivity contribution in [3.63, 3.8) is 0 Å². The van der Waals surface area contributed by atoms with Crippen molar-refractivity contribution in [3.8, 4) is 0 Å². The van der Waals surface area contributed by atoms with E-state index in [0.717, 1.165) is 0 Å². The Hall–Kier alpha value is 3.91. The Balaban J connectivity index is -0.0000000184. The van der Waals surface area contributed by atoms with E-state index in [1.807, 2.05) is 0 Å². The largest absolute Gasteiger partial charge is 2.00 e. The molecule has 0 aromatic heterocycles. The van der Waals surface area contributed by atoms with Gasteiger partial charge in [-0.3, -0.25) is 0 Å². The van der Waals surface area contributed by atoms with Gasteiger partial charge in [-0.05, 0) is 0 Å². The van der Waals surface area contributed by atoms with Crippen molar-refractivity contribution in [2.45, 2.75) is 0 Å². The van der Waals surface area contributed by atoms with Crippen molar-refractivity contribution in [3.05, 3.63) is 0 Å². The molecule has 15 heavy (non-hydrogen) atoms. The van der Waals surface area contributed by atoms with Crippen LogP contribution in [0.1, 0.15) is 0 Å². The second-order valence-corrected chi connectivity index (χ2v) is 3.09. The van der Waals surface area contributed by atoms with Crippen molar-refractivity contribution in [2.24, 2.45) is 0 Å². The van der Waals surface area contributed by atoms with Gasteiger partial charge in [0.1, 0.15) is 0 Å². The monoisotopic (exact) mass is 728 g/mol. The van der Waals surface area contributed by atoms with Gasteiger partial charge >= 0.3 is 166 Å². The summed E-state index contributed by atoms with van der Waals surface area (Å²) in [5, 5.41) is 0. The van der Waals surface area contributed by atoms with Gasteiger partial charge in [-0.1, -0.05) is 0 Å². The van der Waals surface area contributed by atoms with Gasteiger partial charge in [0.2, 0.25) is 0 Å². The Morgan fingerprint density at radius 3 is 0.533 bits per heavy atom. The fourth-order valence-electron chi connectivity index (χ4n) is 0. The van der Waals surface area contributed by atoms with E-state index in [1.54, 1.807) is 0 Å². The van der Waals surface area contributed by atoms with Gasteiger partial charge in [-0.25, -0.2) is 0 Å². The number of hydrogen-bond donors (Lipinski definition) is 0. The van der Waals surface area contributed by atoms with Crippen LogP contribution < -0.4 is 22.1 Å². The van der Waals surface area contributed by atoms with Crippen LogP contribution in [0, 0.1) is 0 Å². The molecule has 0 aliphatic rings. The molecule has 0 amide bonds. The van der Waals surface area contributed by atoms with Gasteiger partial charge in [0.25, 0.3) is 0 Å². The summed E-state index contributed by atoms with van der Waals surface area (Å²) in [5.74, 6) is 0. The predicted molar refractivity (Wildman–Crippen MR) is 19.3 cm³/mol. The standard InChI is InChI=1S/Mg.9O.2Pb.3Ti/q+2;;;;6*-1;2*+2;;;. The second-order valence-electron chi connectivity index (χ2n) is 0.750. The molecule has 0 spiro atoms.